The number of hydrogen-bond donors (Lipinski definition) is 0. The molecule has 22 rings (SSSR count). The molecule has 3 atom stereocenters. The van der Waals surface area contributed by atoms with E-state index in [-0.39, 0.29) is 10.8 Å². The predicted molar refractivity (Wildman–Crippen MR) is 512 cm³/mol. The maximum absolute atomic E-state index is 5.57. The fourth-order valence-electron chi connectivity index (χ4n) is 19.7. The van der Waals surface area contributed by atoms with Crippen molar-refractivity contribution in [2.75, 3.05) is 9.80 Å². The fraction of sp³-hybridized carbons (Fsp3) is 0.0924. The second-order valence-electron chi connectivity index (χ2n) is 34.3. The predicted octanol–water partition coefficient (Wildman–Crippen LogP) is 32.2. The van der Waals surface area contributed by atoms with E-state index in [2.05, 4.69) is 456 Å². The monoisotopic (exact) mass is 1550 g/mol. The lowest BCUT2D eigenvalue weighted by molar-refractivity contribution is 0.586. The maximum atomic E-state index is 5.57. The molecule has 0 radical (unpaired) electrons. The van der Waals surface area contributed by atoms with Crippen LogP contribution in [-0.4, -0.2) is 0 Å². The molecule has 2 bridgehead atoms. The number of benzene rings is 18. The molecule has 18 aromatic rings. The Labute approximate surface area is 711 Å². The van der Waals surface area contributed by atoms with E-state index in [1.165, 1.54) is 168 Å². The Morgan fingerprint density at radius 1 is 0.240 bits per heavy atom. The molecule has 576 valence electrons. The molecule has 0 saturated heterocycles. The molecule has 18 aromatic carbocycles. The Bertz CT molecular complexity index is 7010. The first-order valence-corrected chi connectivity index (χ1v) is 42.6. The summed E-state index contributed by atoms with van der Waals surface area (Å²) in [6.45, 7) is 9.52. The minimum Gasteiger partial charge on any atom is -0.310 e. The molecule has 2 nitrogen and oxygen atoms in total. The van der Waals surface area contributed by atoms with Gasteiger partial charge < -0.3 is 9.80 Å². The van der Waals surface area contributed by atoms with Crippen molar-refractivity contribution in [3.63, 3.8) is 0 Å². The van der Waals surface area contributed by atoms with E-state index in [9.17, 15) is 0 Å². The highest BCUT2D eigenvalue weighted by Crippen LogP contribution is 2.55. The molecule has 0 N–H and O–H groups in total. The lowest BCUT2D eigenvalue weighted by Crippen LogP contribution is -2.16. The molecule has 0 amide bonds. The lowest BCUT2D eigenvalue weighted by Gasteiger charge is -2.28. The van der Waals surface area contributed by atoms with Crippen LogP contribution in [0.2, 0.25) is 0 Å². The maximum Gasteiger partial charge on any atom is 0.0465 e. The van der Waals surface area contributed by atoms with Crippen LogP contribution >= 0.6 is 0 Å². The molecule has 0 aliphatic heterocycles. The summed E-state index contributed by atoms with van der Waals surface area (Å²) in [5.74, 6) is 4.91. The van der Waals surface area contributed by atoms with E-state index in [1.807, 2.05) is 12.1 Å². The Morgan fingerprint density at radius 3 is 0.851 bits per heavy atom. The van der Waals surface area contributed by atoms with E-state index in [0.717, 1.165) is 57.1 Å². The van der Waals surface area contributed by atoms with Gasteiger partial charge in [0.15, 0.2) is 0 Å². The first kappa shape index (κ1) is 74.0. The zero-order valence-electron chi connectivity index (χ0n) is 68.5. The van der Waals surface area contributed by atoms with Crippen LogP contribution in [0.25, 0.3) is 133 Å². The van der Waals surface area contributed by atoms with E-state index in [1.54, 1.807) is 0 Å². The SMILES string of the molecule is C#Cc1ccc(-c2ccc(-c3ccc(N(c4ccc(-c5ccccc5)cc4)c4ccc5c(c4)C(C)(C)c4cc(-c6ccc7ccccc7c6)ccc4-5)cc3)cc2)cc1.CC1(C)c2cc(-c3ccc4ccccc4c3)ccc2-c2ccc(N(c3ccc(-c4ccccc4)cc3)c3ccc(-c4ccc(-c5ccc(C6CC7C=CC6C7)cc5)cc4)cc3)cc21. The molecule has 0 spiro atoms. The summed E-state index contributed by atoms with van der Waals surface area (Å²) >= 11 is 0. The van der Waals surface area contributed by atoms with Gasteiger partial charge in [0.1, 0.15) is 0 Å². The first-order chi connectivity index (χ1) is 59.3. The second kappa shape index (κ2) is 30.7. The van der Waals surface area contributed by atoms with Gasteiger partial charge in [-0.25, -0.2) is 0 Å². The van der Waals surface area contributed by atoms with E-state index in [4.69, 9.17) is 6.42 Å². The van der Waals surface area contributed by atoms with E-state index in [0.29, 0.717) is 5.92 Å². The highest BCUT2D eigenvalue weighted by Gasteiger charge is 2.39. The highest BCUT2D eigenvalue weighted by molar-refractivity contribution is 5.94. The molecule has 1 saturated carbocycles. The van der Waals surface area contributed by atoms with Gasteiger partial charge in [-0.05, 0) is 300 Å². The van der Waals surface area contributed by atoms with Gasteiger partial charge >= 0.3 is 0 Å². The minimum atomic E-state index is -0.185. The molecular formula is C119H90N2. The number of anilines is 6. The smallest absolute Gasteiger partial charge is 0.0465 e. The van der Waals surface area contributed by atoms with Gasteiger partial charge in [-0.3, -0.25) is 0 Å². The van der Waals surface area contributed by atoms with Gasteiger partial charge in [0.2, 0.25) is 0 Å². The zero-order valence-corrected chi connectivity index (χ0v) is 68.5. The van der Waals surface area contributed by atoms with Crippen molar-refractivity contribution in [1.82, 2.24) is 0 Å². The van der Waals surface area contributed by atoms with Crippen LogP contribution in [-0.2, 0) is 10.8 Å². The number of nitrogens with zero attached hydrogens (tertiary/aromatic N) is 2. The van der Waals surface area contributed by atoms with Crippen molar-refractivity contribution in [2.24, 2.45) is 11.8 Å². The molecule has 0 aromatic heterocycles. The Kier molecular flexibility index (Phi) is 18.8. The average Bonchev–Trinajstić information content (AvgIpc) is 1.58. The summed E-state index contributed by atoms with van der Waals surface area (Å²) in [7, 11) is 0. The number of rotatable bonds is 15. The van der Waals surface area contributed by atoms with Crippen molar-refractivity contribution >= 4 is 55.7 Å². The van der Waals surface area contributed by atoms with Gasteiger partial charge in [-0.15, -0.1) is 6.42 Å². The Morgan fingerprint density at radius 2 is 0.512 bits per heavy atom. The van der Waals surface area contributed by atoms with Crippen LogP contribution in [0, 0.1) is 24.2 Å². The number of hydrogen-bond acceptors (Lipinski definition) is 2. The van der Waals surface area contributed by atoms with Crippen molar-refractivity contribution in [2.45, 2.75) is 57.3 Å². The van der Waals surface area contributed by atoms with E-state index < -0.39 is 0 Å². The van der Waals surface area contributed by atoms with Gasteiger partial charge in [-0.1, -0.05) is 349 Å². The van der Waals surface area contributed by atoms with Gasteiger partial charge in [-0.2, -0.15) is 0 Å². The summed E-state index contributed by atoms with van der Waals surface area (Å²) in [4.78, 5) is 4.81. The summed E-state index contributed by atoms with van der Waals surface area (Å²) in [6.07, 6.45) is 13.1. The summed E-state index contributed by atoms with van der Waals surface area (Å²) < 4.78 is 0. The van der Waals surface area contributed by atoms with Crippen LogP contribution in [0.3, 0.4) is 0 Å². The summed E-state index contributed by atoms with van der Waals surface area (Å²) in [5.41, 5.74) is 38.9. The number of fused-ring (bicyclic) bond motifs is 10. The van der Waals surface area contributed by atoms with Crippen LogP contribution in [0.5, 0.6) is 0 Å². The second-order valence-corrected chi connectivity index (χ2v) is 34.3. The normalized spacial score (nSPS) is 15.2. The fourth-order valence-corrected chi connectivity index (χ4v) is 19.7. The third-order valence-electron chi connectivity index (χ3n) is 26.5. The molecule has 4 aliphatic rings. The third kappa shape index (κ3) is 13.9. The highest BCUT2D eigenvalue weighted by atomic mass is 15.1. The molecular weight excluding hydrogens is 1460 g/mol. The van der Waals surface area contributed by atoms with Crippen LogP contribution in [0.15, 0.2) is 425 Å². The average molecular weight is 1550 g/mol. The molecule has 121 heavy (non-hydrogen) atoms. The van der Waals surface area contributed by atoms with E-state index >= 15 is 0 Å². The number of terminal acetylenes is 1. The van der Waals surface area contributed by atoms with Crippen molar-refractivity contribution in [1.29, 1.82) is 0 Å². The van der Waals surface area contributed by atoms with Gasteiger partial charge in [0.25, 0.3) is 0 Å². The molecule has 2 heteroatoms. The van der Waals surface area contributed by atoms with Crippen molar-refractivity contribution in [3.05, 3.63) is 458 Å². The van der Waals surface area contributed by atoms with Crippen LogP contribution in [0.1, 0.15) is 79.8 Å². The third-order valence-corrected chi connectivity index (χ3v) is 26.5. The summed E-state index contributed by atoms with van der Waals surface area (Å²) in [5, 5.41) is 5.06. The molecule has 4 aliphatic carbocycles. The van der Waals surface area contributed by atoms with Crippen LogP contribution in [0.4, 0.5) is 34.1 Å². The topological polar surface area (TPSA) is 6.48 Å². The van der Waals surface area contributed by atoms with Gasteiger partial charge in [0, 0.05) is 50.5 Å². The quantitative estimate of drug-likeness (QED) is 0.0746. The lowest BCUT2D eigenvalue weighted by atomic mass is 9.81. The standard InChI is InChI=1S/C62H49N.C57H41N/c1-62(2)60-39-52(51-23-20-43-10-6-7-11-50(43)38-51)28-34-57(60)58-35-33-56(40-61(58)62)63(54-29-24-47(25-30-54)42-8-4-3-5-9-42)55-31-26-48(27-32-55)45-16-14-44(15-17-45)46-18-21-49(22-19-46)59-37-41-12-13-53(59)36-41;1-4-39-14-16-42(17-15-39)43-18-20-44(21-19-43)46-26-31-51(32-27-46)58(50-29-24-45(25-30-50)40-10-6-5-7-11-40)52-33-35-54-53-34-28-49(37-55(53)57(2,3)56(54)38-52)48-23-22-41-12-8-9-13-47(41)36-48/h3-35,38-41,53,59H,36-37H2,1-2H3;1,5-38H,2-3H3. The first-order valence-electron chi connectivity index (χ1n) is 42.6. The molecule has 3 unspecified atom stereocenters. The Balaban J connectivity index is 0.000000150. The van der Waals surface area contributed by atoms with Crippen molar-refractivity contribution < 1.29 is 0 Å². The van der Waals surface area contributed by atoms with Crippen molar-refractivity contribution in [3.8, 4) is 124 Å². The minimum absolute atomic E-state index is 0.179. The van der Waals surface area contributed by atoms with Crippen LogP contribution < -0.4 is 9.80 Å². The largest absolute Gasteiger partial charge is 0.310 e. The number of allylic oxidation sites excluding steroid dienone is 2. The molecule has 1 fully saturated rings. The Hall–Kier alpha value is -14.6. The zero-order chi connectivity index (χ0) is 81.3. The molecule has 0 heterocycles. The van der Waals surface area contributed by atoms with Gasteiger partial charge in [0.05, 0.1) is 0 Å². The summed E-state index contributed by atoms with van der Waals surface area (Å²) in [6, 6.07) is 152.